The molecule has 0 saturated carbocycles. The van der Waals surface area contributed by atoms with Crippen molar-refractivity contribution in [3.8, 4) is 11.3 Å². The van der Waals surface area contributed by atoms with E-state index in [0.29, 0.717) is 24.0 Å². The molecule has 174 valence electrons. The van der Waals surface area contributed by atoms with Crippen molar-refractivity contribution in [2.45, 2.75) is 31.6 Å². The van der Waals surface area contributed by atoms with Crippen molar-refractivity contribution in [3.05, 3.63) is 64.5 Å². The van der Waals surface area contributed by atoms with Gasteiger partial charge in [0.25, 0.3) is 0 Å². The first-order valence-corrected chi connectivity index (χ1v) is 12.8. The molecule has 1 amide bonds. The van der Waals surface area contributed by atoms with Crippen molar-refractivity contribution in [2.75, 3.05) is 18.4 Å². The summed E-state index contributed by atoms with van der Waals surface area (Å²) < 4.78 is 53.3. The summed E-state index contributed by atoms with van der Waals surface area (Å²) in [5, 5.41) is 5.21. The fraction of sp³-hybridized carbons (Fsp3) is 0.304. The summed E-state index contributed by atoms with van der Waals surface area (Å²) in [6.07, 6.45) is 0.647. The third kappa shape index (κ3) is 4.97. The Kier molecular flexibility index (Phi) is 6.60. The van der Waals surface area contributed by atoms with Gasteiger partial charge in [-0.3, -0.25) is 4.79 Å². The van der Waals surface area contributed by atoms with E-state index in [1.165, 1.54) is 21.2 Å². The topological polar surface area (TPSA) is 79.4 Å². The van der Waals surface area contributed by atoms with Crippen molar-refractivity contribution < 1.29 is 22.0 Å². The number of aromatic nitrogens is 1. The average molecular weight is 492 g/mol. The Labute approximate surface area is 195 Å². The minimum Gasteiger partial charge on any atom is -0.302 e. The van der Waals surface area contributed by atoms with Gasteiger partial charge in [0.15, 0.2) is 16.8 Å². The number of thiazole rings is 1. The lowest BCUT2D eigenvalue weighted by molar-refractivity contribution is -0.120. The summed E-state index contributed by atoms with van der Waals surface area (Å²) in [6, 6.07) is 8.60. The average Bonchev–Trinajstić information content (AvgIpc) is 3.26. The van der Waals surface area contributed by atoms with Crippen LogP contribution in [0.25, 0.3) is 11.3 Å². The van der Waals surface area contributed by atoms with Gasteiger partial charge in [-0.15, -0.1) is 11.3 Å². The van der Waals surface area contributed by atoms with Crippen LogP contribution in [-0.2, 0) is 14.8 Å². The fourth-order valence-electron chi connectivity index (χ4n) is 3.72. The molecule has 0 spiro atoms. The SMILES string of the molecule is Cc1ccc(-c2csc(NC(=O)C3CCN(S(=O)(=O)c4ccc(F)c(F)c4)CC3)n2)cc1C. The lowest BCUT2D eigenvalue weighted by Gasteiger charge is -2.30. The van der Waals surface area contributed by atoms with Gasteiger partial charge in [0, 0.05) is 30.0 Å². The maximum atomic E-state index is 13.5. The van der Waals surface area contributed by atoms with Crippen LogP contribution in [0.4, 0.5) is 13.9 Å². The van der Waals surface area contributed by atoms with E-state index in [9.17, 15) is 22.0 Å². The standard InChI is InChI=1S/C23H23F2N3O3S2/c1-14-3-4-17(11-15(14)2)21-13-32-23(26-21)27-22(29)16-7-9-28(10-8-16)33(30,31)18-5-6-19(24)20(25)12-18/h3-6,11-13,16H,7-10H2,1-2H3,(H,26,27,29). The third-order valence-electron chi connectivity index (χ3n) is 5.89. The number of aryl methyl sites for hydroxylation is 2. The number of halogens is 2. The molecule has 1 N–H and O–H groups in total. The van der Waals surface area contributed by atoms with Gasteiger partial charge in [0.1, 0.15) is 0 Å². The van der Waals surface area contributed by atoms with Gasteiger partial charge in [0.2, 0.25) is 15.9 Å². The molecule has 0 bridgehead atoms. The molecular weight excluding hydrogens is 468 g/mol. The van der Waals surface area contributed by atoms with E-state index in [0.717, 1.165) is 29.0 Å². The van der Waals surface area contributed by atoms with Crippen LogP contribution < -0.4 is 5.32 Å². The molecule has 0 aliphatic carbocycles. The number of rotatable bonds is 5. The minimum absolute atomic E-state index is 0.116. The Morgan fingerprint density at radius 2 is 1.79 bits per heavy atom. The highest BCUT2D eigenvalue weighted by molar-refractivity contribution is 7.89. The zero-order chi connectivity index (χ0) is 23.8. The quantitative estimate of drug-likeness (QED) is 0.559. The third-order valence-corrected chi connectivity index (χ3v) is 8.54. The zero-order valence-electron chi connectivity index (χ0n) is 18.1. The molecule has 10 heteroatoms. The van der Waals surface area contributed by atoms with Gasteiger partial charge < -0.3 is 5.32 Å². The molecule has 1 saturated heterocycles. The van der Waals surface area contributed by atoms with E-state index in [1.807, 2.05) is 31.4 Å². The monoisotopic (exact) mass is 491 g/mol. The first-order valence-electron chi connectivity index (χ1n) is 10.4. The molecule has 1 aromatic heterocycles. The Bertz CT molecular complexity index is 1300. The summed E-state index contributed by atoms with van der Waals surface area (Å²) >= 11 is 1.34. The highest BCUT2D eigenvalue weighted by atomic mass is 32.2. The van der Waals surface area contributed by atoms with Crippen LogP contribution in [-0.4, -0.2) is 36.7 Å². The van der Waals surface area contributed by atoms with Crippen molar-refractivity contribution in [1.29, 1.82) is 0 Å². The van der Waals surface area contributed by atoms with Gasteiger partial charge in [-0.05, 0) is 62.1 Å². The normalized spacial score (nSPS) is 15.5. The Hall–Kier alpha value is -2.69. The molecule has 1 aliphatic rings. The molecule has 3 aromatic rings. The number of benzene rings is 2. The van der Waals surface area contributed by atoms with Crippen molar-refractivity contribution in [1.82, 2.24) is 9.29 Å². The number of hydrogen-bond donors (Lipinski definition) is 1. The molecule has 6 nitrogen and oxygen atoms in total. The smallest absolute Gasteiger partial charge is 0.243 e. The predicted octanol–water partition coefficient (Wildman–Crippen LogP) is 4.74. The second kappa shape index (κ2) is 9.28. The van der Waals surface area contributed by atoms with Crippen LogP contribution in [0.5, 0.6) is 0 Å². The second-order valence-electron chi connectivity index (χ2n) is 8.08. The van der Waals surface area contributed by atoms with Crippen LogP contribution in [0.3, 0.4) is 0 Å². The van der Waals surface area contributed by atoms with Crippen LogP contribution in [0.15, 0.2) is 46.7 Å². The maximum Gasteiger partial charge on any atom is 0.243 e. The lowest BCUT2D eigenvalue weighted by atomic mass is 9.97. The van der Waals surface area contributed by atoms with Crippen LogP contribution in [0.1, 0.15) is 24.0 Å². The molecule has 1 fully saturated rings. The summed E-state index contributed by atoms with van der Waals surface area (Å²) in [4.78, 5) is 16.9. The Balaban J connectivity index is 1.37. The predicted molar refractivity (Wildman–Crippen MR) is 123 cm³/mol. The molecule has 2 aromatic carbocycles. The van der Waals surface area contributed by atoms with E-state index in [4.69, 9.17) is 0 Å². The zero-order valence-corrected chi connectivity index (χ0v) is 19.8. The molecule has 0 unspecified atom stereocenters. The summed E-state index contributed by atoms with van der Waals surface area (Å²) in [5.74, 6) is -2.89. The van der Waals surface area contributed by atoms with Gasteiger partial charge in [0.05, 0.1) is 10.6 Å². The van der Waals surface area contributed by atoms with Gasteiger partial charge >= 0.3 is 0 Å². The van der Waals surface area contributed by atoms with E-state index in [1.54, 1.807) is 0 Å². The second-order valence-corrected chi connectivity index (χ2v) is 10.9. The molecule has 2 heterocycles. The molecule has 33 heavy (non-hydrogen) atoms. The number of piperidine rings is 1. The van der Waals surface area contributed by atoms with Crippen molar-refractivity contribution in [2.24, 2.45) is 5.92 Å². The summed E-state index contributed by atoms with van der Waals surface area (Å²) in [5.41, 5.74) is 4.12. The van der Waals surface area contributed by atoms with Gasteiger partial charge in [-0.1, -0.05) is 12.1 Å². The van der Waals surface area contributed by atoms with E-state index in [-0.39, 0.29) is 29.8 Å². The summed E-state index contributed by atoms with van der Waals surface area (Å²) in [6.45, 7) is 4.31. The summed E-state index contributed by atoms with van der Waals surface area (Å²) in [7, 11) is -3.96. The number of nitrogens with one attached hydrogen (secondary N) is 1. The van der Waals surface area contributed by atoms with Crippen molar-refractivity contribution in [3.63, 3.8) is 0 Å². The van der Waals surface area contributed by atoms with Gasteiger partial charge in [-0.25, -0.2) is 22.2 Å². The van der Waals surface area contributed by atoms with E-state index in [2.05, 4.69) is 16.4 Å². The lowest BCUT2D eigenvalue weighted by Crippen LogP contribution is -2.41. The van der Waals surface area contributed by atoms with Crippen LogP contribution in [0, 0.1) is 31.4 Å². The number of amides is 1. The number of anilines is 1. The molecule has 1 aliphatic heterocycles. The minimum atomic E-state index is -3.96. The molecule has 0 radical (unpaired) electrons. The Morgan fingerprint density at radius 1 is 1.06 bits per heavy atom. The van der Waals surface area contributed by atoms with Crippen LogP contribution >= 0.6 is 11.3 Å². The number of hydrogen-bond acceptors (Lipinski definition) is 5. The van der Waals surface area contributed by atoms with E-state index < -0.39 is 21.7 Å². The number of carbonyl (C=O) groups is 1. The fourth-order valence-corrected chi connectivity index (χ4v) is 5.92. The van der Waals surface area contributed by atoms with Crippen molar-refractivity contribution >= 4 is 32.4 Å². The maximum absolute atomic E-state index is 13.5. The van der Waals surface area contributed by atoms with E-state index >= 15 is 0 Å². The first kappa shape index (κ1) is 23.5. The number of carbonyl (C=O) groups excluding carboxylic acids is 1. The number of nitrogens with zero attached hydrogens (tertiary/aromatic N) is 2. The largest absolute Gasteiger partial charge is 0.302 e. The van der Waals surface area contributed by atoms with Gasteiger partial charge in [-0.2, -0.15) is 4.31 Å². The molecular formula is C23H23F2N3O3S2. The van der Waals surface area contributed by atoms with Crippen LogP contribution in [0.2, 0.25) is 0 Å². The first-order chi connectivity index (χ1) is 15.6. The highest BCUT2D eigenvalue weighted by Gasteiger charge is 2.32. The molecule has 4 rings (SSSR count). The molecule has 0 atom stereocenters. The Morgan fingerprint density at radius 3 is 2.45 bits per heavy atom. The number of sulfonamides is 1. The highest BCUT2D eigenvalue weighted by Crippen LogP contribution is 2.29.